The molecule has 1 heterocycles. The second-order valence-electron chi connectivity index (χ2n) is 4.35. The lowest BCUT2D eigenvalue weighted by atomic mass is 10.2. The number of esters is 1. The van der Waals surface area contributed by atoms with Crippen LogP contribution >= 0.6 is 11.3 Å². The highest BCUT2D eigenvalue weighted by Gasteiger charge is 2.21. The lowest BCUT2D eigenvalue weighted by Gasteiger charge is -2.20. The van der Waals surface area contributed by atoms with Crippen molar-refractivity contribution < 1.29 is 9.53 Å². The smallest absolute Gasteiger partial charge is 0.350 e. The van der Waals surface area contributed by atoms with Crippen molar-refractivity contribution in [1.29, 1.82) is 5.26 Å². The zero-order valence-electron chi connectivity index (χ0n) is 11.5. The Kier molecular flexibility index (Phi) is 5.15. The molecule has 1 atom stereocenters. The van der Waals surface area contributed by atoms with Crippen molar-refractivity contribution in [2.24, 2.45) is 0 Å². The fourth-order valence-corrected chi connectivity index (χ4v) is 2.34. The number of hydrogen-bond acceptors (Lipinski definition) is 7. The summed E-state index contributed by atoms with van der Waals surface area (Å²) in [6.45, 7) is 2.71. The quantitative estimate of drug-likeness (QED) is 0.792. The van der Waals surface area contributed by atoms with Crippen molar-refractivity contribution in [3.05, 3.63) is 10.4 Å². The third-order valence-corrected chi connectivity index (χ3v) is 4.01. The molecule has 104 valence electrons. The molecule has 0 aliphatic rings. The molecule has 0 saturated carbocycles. The number of nitrogen functional groups attached to an aromatic ring is 1. The molecule has 0 spiro atoms. The van der Waals surface area contributed by atoms with E-state index in [-0.39, 0.29) is 16.6 Å². The molecule has 1 aromatic heterocycles. The van der Waals surface area contributed by atoms with E-state index in [4.69, 9.17) is 11.0 Å². The highest BCUT2D eigenvalue weighted by molar-refractivity contribution is 7.18. The predicted molar refractivity (Wildman–Crippen MR) is 76.4 cm³/mol. The molecule has 19 heavy (non-hydrogen) atoms. The minimum Gasteiger partial charge on any atom is -0.465 e. The third kappa shape index (κ3) is 3.36. The Morgan fingerprint density at radius 3 is 2.74 bits per heavy atom. The second-order valence-corrected chi connectivity index (χ2v) is 5.37. The molecule has 1 aromatic rings. The van der Waals surface area contributed by atoms with Crippen LogP contribution in [0.15, 0.2) is 0 Å². The molecule has 0 saturated heterocycles. The topological polar surface area (TPSA) is 91.4 Å². The maximum atomic E-state index is 11.5. The average molecular weight is 282 g/mol. The van der Waals surface area contributed by atoms with Gasteiger partial charge in [0.1, 0.15) is 21.5 Å². The minimum absolute atomic E-state index is 0.180. The van der Waals surface area contributed by atoms with Gasteiger partial charge in [0.2, 0.25) is 0 Å². The molecular formula is C12H18N4O2S. The number of nitrogens with zero attached hydrogens (tertiary/aromatic N) is 2. The van der Waals surface area contributed by atoms with Crippen LogP contribution in [0.25, 0.3) is 0 Å². The van der Waals surface area contributed by atoms with Crippen LogP contribution < -0.4 is 11.1 Å². The number of rotatable bonds is 5. The van der Waals surface area contributed by atoms with Crippen LogP contribution in [0.2, 0.25) is 0 Å². The largest absolute Gasteiger partial charge is 0.465 e. The van der Waals surface area contributed by atoms with E-state index >= 15 is 0 Å². The van der Waals surface area contributed by atoms with Crippen LogP contribution in [-0.2, 0) is 4.74 Å². The SMILES string of the molecule is COC(=O)c1sc(NCC(C)N(C)C)c(C#N)c1N. The van der Waals surface area contributed by atoms with Crippen molar-refractivity contribution in [2.45, 2.75) is 13.0 Å². The lowest BCUT2D eigenvalue weighted by Crippen LogP contribution is -2.31. The van der Waals surface area contributed by atoms with Gasteiger partial charge in [0, 0.05) is 12.6 Å². The zero-order chi connectivity index (χ0) is 14.6. The molecule has 0 fully saturated rings. The Morgan fingerprint density at radius 1 is 1.63 bits per heavy atom. The summed E-state index contributed by atoms with van der Waals surface area (Å²) < 4.78 is 4.64. The fraction of sp³-hybridized carbons (Fsp3) is 0.500. The molecule has 1 unspecified atom stereocenters. The molecule has 7 heteroatoms. The van der Waals surface area contributed by atoms with Crippen molar-refractivity contribution in [1.82, 2.24) is 4.90 Å². The number of thiophene rings is 1. The van der Waals surface area contributed by atoms with Gasteiger partial charge in [0.25, 0.3) is 0 Å². The van der Waals surface area contributed by atoms with Crippen LogP contribution in [-0.4, -0.2) is 44.7 Å². The number of nitrogens with one attached hydrogen (secondary N) is 1. The monoisotopic (exact) mass is 282 g/mol. The van der Waals surface area contributed by atoms with Gasteiger partial charge >= 0.3 is 5.97 Å². The van der Waals surface area contributed by atoms with Gasteiger partial charge in [-0.2, -0.15) is 5.26 Å². The summed E-state index contributed by atoms with van der Waals surface area (Å²) >= 11 is 1.15. The van der Waals surface area contributed by atoms with Crippen LogP contribution in [0.1, 0.15) is 22.2 Å². The van der Waals surface area contributed by atoms with Crippen LogP contribution in [0.5, 0.6) is 0 Å². The summed E-state index contributed by atoms with van der Waals surface area (Å²) in [7, 11) is 5.23. The number of carbonyl (C=O) groups excluding carboxylic acids is 1. The first-order chi connectivity index (χ1) is 8.92. The number of likely N-dealkylation sites (N-methyl/N-ethyl adjacent to an activating group) is 1. The summed E-state index contributed by atoms with van der Waals surface area (Å²) in [5.74, 6) is -0.521. The van der Waals surface area contributed by atoms with Crippen LogP contribution in [0.4, 0.5) is 10.7 Å². The number of ether oxygens (including phenoxy) is 1. The van der Waals surface area contributed by atoms with E-state index < -0.39 is 5.97 Å². The second kappa shape index (κ2) is 6.41. The maximum Gasteiger partial charge on any atom is 0.350 e. The Hall–Kier alpha value is -1.78. The van der Waals surface area contributed by atoms with Gasteiger partial charge in [-0.3, -0.25) is 0 Å². The average Bonchev–Trinajstić information content (AvgIpc) is 2.71. The Bertz CT molecular complexity index is 505. The summed E-state index contributed by atoms with van der Waals surface area (Å²) in [4.78, 5) is 13.8. The summed E-state index contributed by atoms with van der Waals surface area (Å²) in [6.07, 6.45) is 0. The van der Waals surface area contributed by atoms with E-state index in [1.54, 1.807) is 0 Å². The Balaban J connectivity index is 2.96. The molecule has 0 aliphatic heterocycles. The molecule has 0 aromatic carbocycles. The maximum absolute atomic E-state index is 11.5. The fourth-order valence-electron chi connectivity index (χ4n) is 1.35. The van der Waals surface area contributed by atoms with E-state index in [0.29, 0.717) is 17.1 Å². The van der Waals surface area contributed by atoms with Gasteiger partial charge < -0.3 is 20.7 Å². The molecule has 3 N–H and O–H groups in total. The minimum atomic E-state index is -0.521. The zero-order valence-corrected chi connectivity index (χ0v) is 12.3. The number of anilines is 2. The number of methoxy groups -OCH3 is 1. The normalized spacial score (nSPS) is 12.0. The predicted octanol–water partition coefficient (Wildman–Crippen LogP) is 1.35. The van der Waals surface area contributed by atoms with Gasteiger partial charge in [-0.05, 0) is 21.0 Å². The number of nitriles is 1. The van der Waals surface area contributed by atoms with Crippen LogP contribution in [0.3, 0.4) is 0 Å². The van der Waals surface area contributed by atoms with E-state index in [1.165, 1.54) is 7.11 Å². The molecule has 0 aliphatic carbocycles. The molecule has 0 amide bonds. The standard InChI is InChI=1S/C12H18N4O2S/c1-7(16(2)3)6-15-11-8(5-13)9(14)10(19-11)12(17)18-4/h7,15H,6,14H2,1-4H3. The summed E-state index contributed by atoms with van der Waals surface area (Å²) in [5, 5.41) is 12.9. The van der Waals surface area contributed by atoms with Crippen LogP contribution in [0, 0.1) is 11.3 Å². The number of nitrogens with two attached hydrogens (primary N) is 1. The van der Waals surface area contributed by atoms with E-state index in [1.807, 2.05) is 20.2 Å². The first-order valence-corrected chi connectivity index (χ1v) is 6.55. The first kappa shape index (κ1) is 15.3. The molecule has 0 bridgehead atoms. The van der Waals surface area contributed by atoms with E-state index in [9.17, 15) is 4.79 Å². The van der Waals surface area contributed by atoms with Crippen molar-refractivity contribution >= 4 is 28.0 Å². The van der Waals surface area contributed by atoms with Crippen molar-refractivity contribution in [3.63, 3.8) is 0 Å². The molecular weight excluding hydrogens is 264 g/mol. The summed E-state index contributed by atoms with van der Waals surface area (Å²) in [6, 6.07) is 2.31. The van der Waals surface area contributed by atoms with Gasteiger partial charge in [0.05, 0.1) is 12.8 Å². The van der Waals surface area contributed by atoms with Gasteiger partial charge in [-0.25, -0.2) is 4.79 Å². The number of hydrogen-bond donors (Lipinski definition) is 2. The summed E-state index contributed by atoms with van der Waals surface area (Å²) in [5.41, 5.74) is 6.28. The Morgan fingerprint density at radius 2 is 2.26 bits per heavy atom. The molecule has 1 rings (SSSR count). The lowest BCUT2D eigenvalue weighted by molar-refractivity contribution is 0.0607. The van der Waals surface area contributed by atoms with Crippen molar-refractivity contribution in [3.8, 4) is 6.07 Å². The highest BCUT2D eigenvalue weighted by Crippen LogP contribution is 2.35. The Labute approximate surface area is 116 Å². The van der Waals surface area contributed by atoms with E-state index in [2.05, 4.69) is 21.9 Å². The van der Waals surface area contributed by atoms with Gasteiger partial charge in [-0.15, -0.1) is 11.3 Å². The van der Waals surface area contributed by atoms with Gasteiger partial charge in [0.15, 0.2) is 0 Å². The highest BCUT2D eigenvalue weighted by atomic mass is 32.1. The van der Waals surface area contributed by atoms with E-state index in [0.717, 1.165) is 11.3 Å². The third-order valence-electron chi connectivity index (χ3n) is 2.87. The molecule has 0 radical (unpaired) electrons. The first-order valence-electron chi connectivity index (χ1n) is 5.73. The van der Waals surface area contributed by atoms with Crippen molar-refractivity contribution in [2.75, 3.05) is 38.8 Å². The van der Waals surface area contributed by atoms with Gasteiger partial charge in [-0.1, -0.05) is 0 Å². The number of carbonyl (C=O) groups is 1. The molecule has 6 nitrogen and oxygen atoms in total.